The molecule has 2 aliphatic heterocycles. The number of pyridine rings is 1. The molecule has 1 aromatic carbocycles. The van der Waals surface area contributed by atoms with Crippen LogP contribution in [-0.4, -0.2) is 48.6 Å². The lowest BCUT2D eigenvalue weighted by Crippen LogP contribution is -2.41. The van der Waals surface area contributed by atoms with Gasteiger partial charge in [-0.2, -0.15) is 0 Å². The van der Waals surface area contributed by atoms with Gasteiger partial charge in [-0.25, -0.2) is 4.79 Å². The Bertz CT molecular complexity index is 728. The fourth-order valence-corrected chi connectivity index (χ4v) is 3.28. The summed E-state index contributed by atoms with van der Waals surface area (Å²) in [4.78, 5) is 16.4. The van der Waals surface area contributed by atoms with Gasteiger partial charge in [-0.1, -0.05) is 24.3 Å². The van der Waals surface area contributed by atoms with Crippen LogP contribution < -0.4 is 10.6 Å². The summed E-state index contributed by atoms with van der Waals surface area (Å²) in [6.45, 7) is 1.49. The van der Waals surface area contributed by atoms with Crippen molar-refractivity contribution in [1.29, 1.82) is 0 Å². The highest BCUT2D eigenvalue weighted by Gasteiger charge is 2.49. The highest BCUT2D eigenvalue weighted by Crippen LogP contribution is 2.29. The Morgan fingerprint density at radius 2 is 1.88 bits per heavy atom. The van der Waals surface area contributed by atoms with Gasteiger partial charge < -0.3 is 19.5 Å². The molecule has 0 bridgehead atoms. The third kappa shape index (κ3) is 3.85. The lowest BCUT2D eigenvalue weighted by atomic mass is 10.1. The van der Waals surface area contributed by atoms with Crippen LogP contribution in [0.4, 0.5) is 10.5 Å². The minimum atomic E-state index is -0.501. The number of carbonyl (C=O) groups excluding carboxylic acids is 1. The number of hydrogen-bond donors (Lipinski definition) is 2. The van der Waals surface area contributed by atoms with Crippen molar-refractivity contribution in [3.8, 4) is 0 Å². The minimum Gasteiger partial charge on any atom is -0.441 e. The molecule has 0 aliphatic carbocycles. The predicted octanol–water partition coefficient (Wildman–Crippen LogP) is 1.95. The summed E-state index contributed by atoms with van der Waals surface area (Å²) in [6, 6.07) is 15.1. The van der Waals surface area contributed by atoms with Crippen molar-refractivity contribution in [2.75, 3.05) is 18.5 Å². The van der Waals surface area contributed by atoms with Crippen LogP contribution in [0.1, 0.15) is 5.69 Å². The fraction of sp³-hybridized carbons (Fsp3) is 0.368. The second-order valence-corrected chi connectivity index (χ2v) is 6.34. The van der Waals surface area contributed by atoms with E-state index in [1.807, 2.05) is 36.4 Å². The van der Waals surface area contributed by atoms with Crippen LogP contribution in [-0.2, 0) is 20.8 Å². The van der Waals surface area contributed by atoms with Crippen molar-refractivity contribution in [3.05, 3.63) is 60.4 Å². The lowest BCUT2D eigenvalue weighted by molar-refractivity contribution is 0.00854. The molecule has 1 aromatic heterocycles. The topological polar surface area (TPSA) is 81.7 Å². The number of ether oxygens (including phenoxy) is 3. The zero-order chi connectivity index (χ0) is 17.8. The Morgan fingerprint density at radius 1 is 1.08 bits per heavy atom. The molecule has 2 fully saturated rings. The number of fused-ring (bicyclic) bond motifs is 1. The van der Waals surface area contributed by atoms with Crippen molar-refractivity contribution in [3.63, 3.8) is 0 Å². The largest absolute Gasteiger partial charge is 0.441 e. The van der Waals surface area contributed by atoms with Crippen LogP contribution in [0.15, 0.2) is 54.7 Å². The number of rotatable bonds is 5. The van der Waals surface area contributed by atoms with Crippen LogP contribution >= 0.6 is 0 Å². The first-order valence-corrected chi connectivity index (χ1v) is 8.69. The molecule has 4 rings (SSSR count). The molecule has 136 valence electrons. The summed E-state index contributed by atoms with van der Waals surface area (Å²) in [5.41, 5.74) is 1.65. The van der Waals surface area contributed by atoms with Crippen LogP contribution in [0.25, 0.3) is 0 Å². The Kier molecular flexibility index (Phi) is 5.10. The standard InChI is InChI=1S/C19H21N3O4/c23-19(22-13-6-2-1-3-7-13)26-16-12-25-17-15(11-24-18(16)17)21-10-14-8-4-5-9-20-14/h1-9,15-18,21H,10-12H2,(H,22,23)/t15-,16-,17-,18+/m0/s1. The highest BCUT2D eigenvalue weighted by molar-refractivity contribution is 5.84. The third-order valence-electron chi connectivity index (χ3n) is 4.56. The van der Waals surface area contributed by atoms with E-state index in [2.05, 4.69) is 15.6 Å². The predicted molar refractivity (Wildman–Crippen MR) is 94.7 cm³/mol. The zero-order valence-electron chi connectivity index (χ0n) is 14.2. The molecular weight excluding hydrogens is 334 g/mol. The van der Waals surface area contributed by atoms with Gasteiger partial charge in [0.1, 0.15) is 12.2 Å². The molecule has 0 saturated carbocycles. The summed E-state index contributed by atoms with van der Waals surface area (Å²) in [5, 5.41) is 6.12. The summed E-state index contributed by atoms with van der Waals surface area (Å²) in [7, 11) is 0. The third-order valence-corrected chi connectivity index (χ3v) is 4.56. The van der Waals surface area contributed by atoms with Crippen LogP contribution in [0.5, 0.6) is 0 Å². The number of para-hydroxylation sites is 1. The highest BCUT2D eigenvalue weighted by atomic mass is 16.6. The number of benzene rings is 1. The molecule has 2 aliphatic rings. The van der Waals surface area contributed by atoms with Gasteiger partial charge in [0.2, 0.25) is 0 Å². The molecule has 0 radical (unpaired) electrons. The molecule has 1 amide bonds. The molecule has 26 heavy (non-hydrogen) atoms. The van der Waals surface area contributed by atoms with Crippen molar-refractivity contribution < 1.29 is 19.0 Å². The lowest BCUT2D eigenvalue weighted by Gasteiger charge is -2.18. The quantitative estimate of drug-likeness (QED) is 0.853. The molecule has 0 unspecified atom stereocenters. The first-order valence-electron chi connectivity index (χ1n) is 8.69. The van der Waals surface area contributed by atoms with E-state index in [1.165, 1.54) is 0 Å². The number of nitrogens with one attached hydrogen (secondary N) is 2. The fourth-order valence-electron chi connectivity index (χ4n) is 3.28. The molecular formula is C19H21N3O4. The van der Waals surface area contributed by atoms with Crippen molar-refractivity contribution in [2.24, 2.45) is 0 Å². The molecule has 2 aromatic rings. The van der Waals surface area contributed by atoms with Crippen molar-refractivity contribution >= 4 is 11.8 Å². The van der Waals surface area contributed by atoms with E-state index >= 15 is 0 Å². The first kappa shape index (κ1) is 17.0. The van der Waals surface area contributed by atoms with Gasteiger partial charge >= 0.3 is 6.09 Å². The molecule has 2 N–H and O–H groups in total. The second kappa shape index (κ2) is 7.82. The zero-order valence-corrected chi connectivity index (χ0v) is 14.2. The summed E-state index contributed by atoms with van der Waals surface area (Å²) in [5.74, 6) is 0. The number of aromatic nitrogens is 1. The van der Waals surface area contributed by atoms with Crippen molar-refractivity contribution in [1.82, 2.24) is 10.3 Å². The minimum absolute atomic E-state index is 0.0489. The summed E-state index contributed by atoms with van der Waals surface area (Å²) < 4.78 is 17.2. The SMILES string of the molecule is O=C(Nc1ccccc1)O[C@H]1CO[C@@H]2[C@@H]1OC[C@@H]2NCc1ccccn1. The average molecular weight is 355 g/mol. The molecule has 2 saturated heterocycles. The van der Waals surface area contributed by atoms with Gasteiger partial charge in [0.05, 0.1) is 24.9 Å². The molecule has 7 heteroatoms. The number of hydrogen-bond acceptors (Lipinski definition) is 6. The van der Waals surface area contributed by atoms with Gasteiger partial charge in [0.15, 0.2) is 6.10 Å². The van der Waals surface area contributed by atoms with E-state index in [0.717, 1.165) is 5.69 Å². The maximum absolute atomic E-state index is 12.1. The van der Waals surface area contributed by atoms with Crippen LogP contribution in [0.2, 0.25) is 0 Å². The normalized spacial score (nSPS) is 27.1. The van der Waals surface area contributed by atoms with Crippen molar-refractivity contribution in [2.45, 2.75) is 30.9 Å². The van der Waals surface area contributed by atoms with E-state index in [9.17, 15) is 4.79 Å². The Hall–Kier alpha value is -2.48. The molecule has 4 atom stereocenters. The maximum atomic E-state index is 12.1. The van der Waals surface area contributed by atoms with E-state index in [1.54, 1.807) is 18.3 Å². The van der Waals surface area contributed by atoms with Crippen LogP contribution in [0.3, 0.4) is 0 Å². The van der Waals surface area contributed by atoms with Gasteiger partial charge in [0, 0.05) is 18.4 Å². The Morgan fingerprint density at radius 3 is 2.69 bits per heavy atom. The van der Waals surface area contributed by atoms with E-state index < -0.39 is 12.2 Å². The molecule has 7 nitrogen and oxygen atoms in total. The summed E-state index contributed by atoms with van der Waals surface area (Å²) >= 11 is 0. The average Bonchev–Trinajstić information content (AvgIpc) is 3.25. The Balaban J connectivity index is 1.28. The molecule has 0 spiro atoms. The Labute approximate surface area is 151 Å². The second-order valence-electron chi connectivity index (χ2n) is 6.34. The monoisotopic (exact) mass is 355 g/mol. The van der Waals surface area contributed by atoms with Crippen LogP contribution in [0, 0.1) is 0 Å². The van der Waals surface area contributed by atoms with E-state index in [4.69, 9.17) is 14.2 Å². The van der Waals surface area contributed by atoms with Gasteiger partial charge in [-0.3, -0.25) is 10.3 Å². The smallest absolute Gasteiger partial charge is 0.412 e. The number of carbonyl (C=O) groups is 1. The first-order chi connectivity index (χ1) is 12.8. The molecule has 3 heterocycles. The van der Waals surface area contributed by atoms with E-state index in [0.29, 0.717) is 25.4 Å². The number of amides is 1. The van der Waals surface area contributed by atoms with Gasteiger partial charge in [0.25, 0.3) is 0 Å². The van der Waals surface area contributed by atoms with Gasteiger partial charge in [-0.05, 0) is 24.3 Å². The number of nitrogens with zero attached hydrogens (tertiary/aromatic N) is 1. The van der Waals surface area contributed by atoms with E-state index in [-0.39, 0.29) is 18.2 Å². The maximum Gasteiger partial charge on any atom is 0.412 e. The van der Waals surface area contributed by atoms with Gasteiger partial charge in [-0.15, -0.1) is 0 Å². The summed E-state index contributed by atoms with van der Waals surface area (Å²) in [6.07, 6.45) is 0.474. The number of anilines is 1.